The fourth-order valence-electron chi connectivity index (χ4n) is 4.60. The van der Waals surface area contributed by atoms with Gasteiger partial charge in [-0.15, -0.1) is 22.7 Å². The van der Waals surface area contributed by atoms with Gasteiger partial charge in [0.2, 0.25) is 23.4 Å². The van der Waals surface area contributed by atoms with E-state index in [1.165, 1.54) is 12.1 Å². The summed E-state index contributed by atoms with van der Waals surface area (Å²) < 4.78 is 49.2. The van der Waals surface area contributed by atoms with E-state index in [1.54, 1.807) is 22.9 Å². The fourth-order valence-corrected chi connectivity index (χ4v) is 8.62. The smallest absolute Gasteiger partial charge is 0.231 e. The van der Waals surface area contributed by atoms with E-state index in [2.05, 4.69) is 0 Å². The van der Waals surface area contributed by atoms with Gasteiger partial charge in [-0.1, -0.05) is 0 Å². The molecule has 0 atom stereocenters. The van der Waals surface area contributed by atoms with Crippen molar-refractivity contribution >= 4 is 44.1 Å². The molecule has 0 saturated heterocycles. The monoisotopic (exact) mass is 582 g/mol. The van der Waals surface area contributed by atoms with Crippen LogP contribution in [-0.2, 0) is 22.7 Å². The lowest BCUT2D eigenvalue weighted by Gasteiger charge is -2.10. The van der Waals surface area contributed by atoms with Gasteiger partial charge in [0.25, 0.3) is 0 Å². The summed E-state index contributed by atoms with van der Waals surface area (Å²) in [5, 5.41) is 3.16. The Hall–Kier alpha value is -3.67. The molecule has 0 spiro atoms. The number of rotatable bonds is 8. The van der Waals surface area contributed by atoms with Crippen LogP contribution in [0.1, 0.15) is 41.6 Å². The number of carbonyl (C=O) groups is 2. The molecule has 8 nitrogen and oxygen atoms in total. The summed E-state index contributed by atoms with van der Waals surface area (Å²) in [5.74, 6) is 1.69. The Morgan fingerprint density at radius 1 is 0.692 bits per heavy atom. The van der Waals surface area contributed by atoms with E-state index < -0.39 is 9.84 Å². The van der Waals surface area contributed by atoms with Crippen LogP contribution in [0.25, 0.3) is 0 Å². The average molecular weight is 583 g/mol. The van der Waals surface area contributed by atoms with Crippen molar-refractivity contribution in [1.29, 1.82) is 0 Å². The zero-order chi connectivity index (χ0) is 27.3. The third kappa shape index (κ3) is 4.60. The molecule has 0 saturated carbocycles. The fraction of sp³-hybridized carbons (Fsp3) is 0.214. The molecule has 2 aliphatic heterocycles. The first-order valence-electron chi connectivity index (χ1n) is 12.0. The van der Waals surface area contributed by atoms with Crippen molar-refractivity contribution in [3.8, 4) is 23.0 Å². The second-order valence-electron chi connectivity index (χ2n) is 9.20. The molecule has 0 N–H and O–H groups in total. The topological polar surface area (TPSA) is 105 Å². The molecule has 0 bridgehead atoms. The minimum atomic E-state index is -4.14. The molecular weight excluding hydrogens is 561 g/mol. The number of fused-ring (bicyclic) bond motifs is 2. The molecule has 2 aliphatic rings. The standard InChI is InChI=1S/C28H22O8S3/c1-15-7-21-23(35-13-33-21)11-17(15)9-19(29)27-25(3-5-37-27)39(31,32)26-4-6-38-28(26)20(30)10-18-12-24-22(8-16(18)2)34-14-36-24/h3-8,11-12H,9-10,13-14H2,1-2H3. The van der Waals surface area contributed by atoms with E-state index in [-0.39, 0.29) is 57.5 Å². The molecule has 39 heavy (non-hydrogen) atoms. The van der Waals surface area contributed by atoms with Crippen molar-refractivity contribution in [3.63, 3.8) is 0 Å². The third-order valence-corrected chi connectivity index (χ3v) is 10.7. The number of hydrogen-bond acceptors (Lipinski definition) is 10. The predicted molar refractivity (Wildman–Crippen MR) is 145 cm³/mol. The first kappa shape index (κ1) is 25.6. The highest BCUT2D eigenvalue weighted by Gasteiger charge is 2.31. The summed E-state index contributed by atoms with van der Waals surface area (Å²) in [6.07, 6.45) is 0.00858. The molecule has 4 heterocycles. The van der Waals surface area contributed by atoms with Crippen molar-refractivity contribution < 1.29 is 37.0 Å². The first-order valence-corrected chi connectivity index (χ1v) is 15.2. The average Bonchev–Trinajstić information content (AvgIpc) is 3.70. The molecule has 0 fully saturated rings. The Kier molecular flexibility index (Phi) is 6.44. The van der Waals surface area contributed by atoms with E-state index in [4.69, 9.17) is 18.9 Å². The Labute approximate surface area is 232 Å². The number of ether oxygens (including phenoxy) is 4. The maximum atomic E-state index is 13.8. The molecule has 0 radical (unpaired) electrons. The summed E-state index contributed by atoms with van der Waals surface area (Å²) in [6.45, 7) is 3.97. The van der Waals surface area contributed by atoms with Gasteiger partial charge in [-0.2, -0.15) is 0 Å². The molecule has 6 rings (SSSR count). The van der Waals surface area contributed by atoms with E-state index in [0.717, 1.165) is 44.9 Å². The predicted octanol–water partition coefficient (Wildman–Crippen LogP) is 5.57. The summed E-state index contributed by atoms with van der Waals surface area (Å²) in [7, 11) is -4.14. The third-order valence-electron chi connectivity index (χ3n) is 6.71. The van der Waals surface area contributed by atoms with Crippen molar-refractivity contribution in [1.82, 2.24) is 0 Å². The Morgan fingerprint density at radius 2 is 1.08 bits per heavy atom. The molecule has 2 aromatic heterocycles. The zero-order valence-corrected chi connectivity index (χ0v) is 23.4. The molecule has 11 heteroatoms. The summed E-state index contributed by atoms with van der Waals surface area (Å²) in [5.41, 5.74) is 3.15. The van der Waals surface area contributed by atoms with Crippen LogP contribution in [0.4, 0.5) is 0 Å². The highest BCUT2D eigenvalue weighted by atomic mass is 32.2. The van der Waals surface area contributed by atoms with Crippen molar-refractivity contribution in [3.05, 3.63) is 79.2 Å². The van der Waals surface area contributed by atoms with Crippen LogP contribution in [0, 0.1) is 13.8 Å². The number of ketones is 2. The number of hydrogen-bond donors (Lipinski definition) is 0. The van der Waals surface area contributed by atoms with Gasteiger partial charge >= 0.3 is 0 Å². The van der Waals surface area contributed by atoms with Gasteiger partial charge in [0, 0.05) is 12.8 Å². The SMILES string of the molecule is Cc1cc2c(cc1CC(=O)c1sccc1S(=O)(=O)c1ccsc1C(=O)Cc1cc3c(cc1C)OCO3)OCO2. The van der Waals surface area contributed by atoms with Crippen LogP contribution >= 0.6 is 22.7 Å². The minimum absolute atomic E-state index is 0.00429. The van der Waals surface area contributed by atoms with Crippen LogP contribution in [0.5, 0.6) is 23.0 Å². The van der Waals surface area contributed by atoms with E-state index in [1.807, 2.05) is 26.0 Å². The van der Waals surface area contributed by atoms with Gasteiger partial charge in [-0.25, -0.2) is 8.42 Å². The van der Waals surface area contributed by atoms with Crippen molar-refractivity contribution in [2.45, 2.75) is 36.5 Å². The van der Waals surface area contributed by atoms with E-state index in [9.17, 15) is 18.0 Å². The quantitative estimate of drug-likeness (QED) is 0.249. The molecule has 2 aromatic carbocycles. The highest BCUT2D eigenvalue weighted by Crippen LogP contribution is 2.38. The molecular formula is C28H22O8S3. The Morgan fingerprint density at radius 3 is 1.49 bits per heavy atom. The molecule has 200 valence electrons. The summed E-state index contributed by atoms with van der Waals surface area (Å²) in [4.78, 5) is 26.8. The maximum Gasteiger partial charge on any atom is 0.231 e. The first-order chi connectivity index (χ1) is 18.7. The number of aryl methyl sites for hydroxylation is 2. The van der Waals surface area contributed by atoms with Crippen LogP contribution in [0.2, 0.25) is 0 Å². The van der Waals surface area contributed by atoms with Crippen LogP contribution in [0.15, 0.2) is 56.9 Å². The molecule has 4 aromatic rings. The van der Waals surface area contributed by atoms with Gasteiger partial charge in [0.05, 0.1) is 19.5 Å². The number of benzene rings is 2. The number of thiophene rings is 2. The summed E-state index contributed by atoms with van der Waals surface area (Å²) in [6, 6.07) is 9.97. The Balaban J connectivity index is 1.27. The van der Waals surface area contributed by atoms with Gasteiger partial charge in [-0.05, 0) is 83.3 Å². The zero-order valence-electron chi connectivity index (χ0n) is 20.9. The summed E-state index contributed by atoms with van der Waals surface area (Å²) >= 11 is 2.14. The lowest BCUT2D eigenvalue weighted by atomic mass is 10.0. The lowest BCUT2D eigenvalue weighted by molar-refractivity contribution is 0.0986. The van der Waals surface area contributed by atoms with E-state index in [0.29, 0.717) is 23.0 Å². The highest BCUT2D eigenvalue weighted by molar-refractivity contribution is 7.92. The van der Waals surface area contributed by atoms with Gasteiger partial charge in [-0.3, -0.25) is 9.59 Å². The van der Waals surface area contributed by atoms with Crippen molar-refractivity contribution in [2.24, 2.45) is 0 Å². The number of sulfone groups is 1. The molecule has 0 aliphatic carbocycles. The molecule has 0 amide bonds. The molecule has 0 unspecified atom stereocenters. The maximum absolute atomic E-state index is 13.8. The number of Topliss-reactive ketones (excluding diaryl/α,β-unsaturated/α-hetero) is 2. The van der Waals surface area contributed by atoms with Gasteiger partial charge < -0.3 is 18.9 Å². The van der Waals surface area contributed by atoms with Crippen LogP contribution in [-0.4, -0.2) is 33.6 Å². The van der Waals surface area contributed by atoms with Crippen LogP contribution in [0.3, 0.4) is 0 Å². The minimum Gasteiger partial charge on any atom is -0.454 e. The van der Waals surface area contributed by atoms with Gasteiger partial charge in [0.15, 0.2) is 34.6 Å². The number of carbonyl (C=O) groups excluding carboxylic acids is 2. The van der Waals surface area contributed by atoms with Crippen molar-refractivity contribution in [2.75, 3.05) is 13.6 Å². The Bertz CT molecular complexity index is 1620. The normalized spacial score (nSPS) is 13.6. The largest absolute Gasteiger partial charge is 0.454 e. The van der Waals surface area contributed by atoms with Crippen LogP contribution < -0.4 is 18.9 Å². The second kappa shape index (κ2) is 9.82. The van der Waals surface area contributed by atoms with Gasteiger partial charge in [0.1, 0.15) is 0 Å². The van der Waals surface area contributed by atoms with E-state index >= 15 is 0 Å². The second-order valence-corrected chi connectivity index (χ2v) is 12.9. The lowest BCUT2D eigenvalue weighted by Crippen LogP contribution is -2.12.